The summed E-state index contributed by atoms with van der Waals surface area (Å²) >= 11 is 0. The summed E-state index contributed by atoms with van der Waals surface area (Å²) in [6.07, 6.45) is 7.92. The highest BCUT2D eigenvalue weighted by Gasteiger charge is 2.12. The second-order valence-electron chi connectivity index (χ2n) is 8.23. The SMILES string of the molecule is COc1cc(OCCN2CCOCC2)ccc1/C=C/c1cc(/C=C/c2ccc3c(c2)OCO3)n[nH]1. The molecule has 35 heavy (non-hydrogen) atoms. The first kappa shape index (κ1) is 23.0. The molecule has 8 heteroatoms. The van der Waals surface area contributed by atoms with Crippen LogP contribution in [0, 0.1) is 0 Å². The third-order valence-corrected chi connectivity index (χ3v) is 5.89. The van der Waals surface area contributed by atoms with Crippen LogP contribution in [0.15, 0.2) is 42.5 Å². The van der Waals surface area contributed by atoms with Crippen LogP contribution in [-0.4, -0.2) is 68.5 Å². The number of methoxy groups -OCH3 is 1. The van der Waals surface area contributed by atoms with Crippen molar-refractivity contribution in [1.82, 2.24) is 15.1 Å². The van der Waals surface area contributed by atoms with E-state index < -0.39 is 0 Å². The van der Waals surface area contributed by atoms with Crippen molar-refractivity contribution in [2.24, 2.45) is 0 Å². The molecule has 0 unspecified atom stereocenters. The molecule has 0 aliphatic carbocycles. The molecule has 0 amide bonds. The van der Waals surface area contributed by atoms with Gasteiger partial charge in [-0.2, -0.15) is 5.10 Å². The molecular weight excluding hydrogens is 446 g/mol. The van der Waals surface area contributed by atoms with E-state index in [4.69, 9.17) is 23.7 Å². The molecule has 0 bridgehead atoms. The molecule has 3 heterocycles. The lowest BCUT2D eigenvalue weighted by atomic mass is 10.1. The van der Waals surface area contributed by atoms with Crippen LogP contribution in [0.2, 0.25) is 0 Å². The van der Waals surface area contributed by atoms with Gasteiger partial charge in [0.15, 0.2) is 11.5 Å². The average Bonchev–Trinajstić information content (AvgIpc) is 3.56. The van der Waals surface area contributed by atoms with Gasteiger partial charge in [-0.15, -0.1) is 0 Å². The molecule has 8 nitrogen and oxygen atoms in total. The van der Waals surface area contributed by atoms with E-state index in [9.17, 15) is 0 Å². The van der Waals surface area contributed by atoms with Crippen molar-refractivity contribution in [1.29, 1.82) is 0 Å². The molecule has 2 aromatic carbocycles. The lowest BCUT2D eigenvalue weighted by Crippen LogP contribution is -2.38. The Morgan fingerprint density at radius 2 is 1.86 bits per heavy atom. The van der Waals surface area contributed by atoms with Crippen LogP contribution in [0.25, 0.3) is 24.3 Å². The van der Waals surface area contributed by atoms with Gasteiger partial charge >= 0.3 is 0 Å². The van der Waals surface area contributed by atoms with E-state index in [0.29, 0.717) is 6.61 Å². The molecule has 5 rings (SSSR count). The molecule has 1 saturated heterocycles. The fourth-order valence-electron chi connectivity index (χ4n) is 3.94. The Morgan fingerprint density at radius 3 is 2.74 bits per heavy atom. The zero-order chi connectivity index (χ0) is 23.9. The Morgan fingerprint density at radius 1 is 0.971 bits per heavy atom. The predicted molar refractivity (Wildman–Crippen MR) is 135 cm³/mol. The fraction of sp³-hybridized carbons (Fsp3) is 0.296. The third-order valence-electron chi connectivity index (χ3n) is 5.89. The van der Waals surface area contributed by atoms with Crippen molar-refractivity contribution in [3.05, 3.63) is 65.0 Å². The highest BCUT2D eigenvalue weighted by molar-refractivity contribution is 5.74. The minimum Gasteiger partial charge on any atom is -0.496 e. The molecule has 0 atom stereocenters. The summed E-state index contributed by atoms with van der Waals surface area (Å²) in [5.41, 5.74) is 3.70. The van der Waals surface area contributed by atoms with Gasteiger partial charge in [-0.25, -0.2) is 0 Å². The maximum atomic E-state index is 5.94. The summed E-state index contributed by atoms with van der Waals surface area (Å²) in [6, 6.07) is 13.7. The fourth-order valence-corrected chi connectivity index (χ4v) is 3.94. The monoisotopic (exact) mass is 475 g/mol. The van der Waals surface area contributed by atoms with Crippen LogP contribution in [0.3, 0.4) is 0 Å². The highest BCUT2D eigenvalue weighted by Crippen LogP contribution is 2.33. The molecule has 0 saturated carbocycles. The third kappa shape index (κ3) is 6.03. The van der Waals surface area contributed by atoms with Crippen molar-refractivity contribution >= 4 is 24.3 Å². The van der Waals surface area contributed by atoms with Crippen molar-refractivity contribution in [3.63, 3.8) is 0 Å². The summed E-state index contributed by atoms with van der Waals surface area (Å²) in [4.78, 5) is 2.35. The molecule has 1 N–H and O–H groups in total. The van der Waals surface area contributed by atoms with E-state index in [2.05, 4.69) is 15.1 Å². The van der Waals surface area contributed by atoms with E-state index in [-0.39, 0.29) is 6.79 Å². The minimum absolute atomic E-state index is 0.271. The van der Waals surface area contributed by atoms with Gasteiger partial charge in [0.1, 0.15) is 18.1 Å². The number of H-pyrrole nitrogens is 1. The van der Waals surface area contributed by atoms with Crippen LogP contribution in [0.5, 0.6) is 23.0 Å². The molecule has 0 spiro atoms. The summed E-state index contributed by atoms with van der Waals surface area (Å²) in [5.74, 6) is 3.09. The lowest BCUT2D eigenvalue weighted by Gasteiger charge is -2.26. The number of aromatic amines is 1. The van der Waals surface area contributed by atoms with Gasteiger partial charge in [-0.3, -0.25) is 10.00 Å². The normalized spacial score (nSPS) is 15.8. The summed E-state index contributed by atoms with van der Waals surface area (Å²) in [6.45, 7) is 5.30. The standard InChI is InChI=1S/C27H29N3O5/c1-31-26-18-24(33-15-12-30-10-13-32-14-11-30)8-5-21(26)4-7-23-17-22(28-29-23)6-2-20-3-9-25-27(16-20)35-19-34-25/h2-9,16-18H,10-15,19H2,1H3,(H,28,29)/b6-2+,7-4+. The largest absolute Gasteiger partial charge is 0.496 e. The zero-order valence-corrected chi connectivity index (χ0v) is 19.7. The van der Waals surface area contributed by atoms with E-state index in [0.717, 1.165) is 78.4 Å². The Kier molecular flexibility index (Phi) is 7.31. The first-order valence-electron chi connectivity index (χ1n) is 11.7. The number of aromatic nitrogens is 2. The Labute approximate surface area is 204 Å². The maximum Gasteiger partial charge on any atom is 0.231 e. The summed E-state index contributed by atoms with van der Waals surface area (Å²) in [7, 11) is 1.67. The van der Waals surface area contributed by atoms with E-state index in [1.807, 2.05) is 66.8 Å². The van der Waals surface area contributed by atoms with Crippen LogP contribution in [-0.2, 0) is 4.74 Å². The predicted octanol–water partition coefficient (Wildman–Crippen LogP) is 4.20. The van der Waals surface area contributed by atoms with Gasteiger partial charge in [0.2, 0.25) is 6.79 Å². The molecule has 1 fully saturated rings. The lowest BCUT2D eigenvalue weighted by molar-refractivity contribution is 0.0322. The van der Waals surface area contributed by atoms with Crippen molar-refractivity contribution in [2.75, 3.05) is 53.4 Å². The van der Waals surface area contributed by atoms with Gasteiger partial charge < -0.3 is 23.7 Å². The Balaban J connectivity index is 1.17. The number of benzene rings is 2. The van der Waals surface area contributed by atoms with Gasteiger partial charge in [0, 0.05) is 31.3 Å². The topological polar surface area (TPSA) is 78.1 Å². The van der Waals surface area contributed by atoms with E-state index in [1.54, 1.807) is 7.11 Å². The smallest absolute Gasteiger partial charge is 0.231 e. The molecule has 182 valence electrons. The highest BCUT2D eigenvalue weighted by atomic mass is 16.7. The van der Waals surface area contributed by atoms with Crippen molar-refractivity contribution < 1.29 is 23.7 Å². The van der Waals surface area contributed by atoms with Crippen LogP contribution in [0.4, 0.5) is 0 Å². The Hall–Kier alpha value is -3.75. The minimum atomic E-state index is 0.271. The van der Waals surface area contributed by atoms with Crippen molar-refractivity contribution in [3.8, 4) is 23.0 Å². The van der Waals surface area contributed by atoms with Crippen LogP contribution in [0.1, 0.15) is 22.5 Å². The molecule has 1 aromatic heterocycles. The Bertz CT molecular complexity index is 1200. The molecule has 0 radical (unpaired) electrons. The average molecular weight is 476 g/mol. The number of ether oxygens (including phenoxy) is 5. The van der Waals surface area contributed by atoms with Gasteiger partial charge in [-0.1, -0.05) is 12.1 Å². The molecule has 3 aromatic rings. The maximum absolute atomic E-state index is 5.94. The number of morpholine rings is 1. The second kappa shape index (κ2) is 11.1. The first-order valence-corrected chi connectivity index (χ1v) is 11.7. The van der Waals surface area contributed by atoms with Gasteiger partial charge in [0.05, 0.1) is 31.7 Å². The molecular formula is C27H29N3O5. The molecule has 2 aliphatic heterocycles. The van der Waals surface area contributed by atoms with Crippen LogP contribution < -0.4 is 18.9 Å². The van der Waals surface area contributed by atoms with E-state index in [1.165, 1.54) is 0 Å². The number of rotatable bonds is 9. The number of hydrogen-bond acceptors (Lipinski definition) is 7. The van der Waals surface area contributed by atoms with Crippen molar-refractivity contribution in [2.45, 2.75) is 0 Å². The van der Waals surface area contributed by atoms with E-state index >= 15 is 0 Å². The summed E-state index contributed by atoms with van der Waals surface area (Å²) in [5, 5.41) is 7.41. The van der Waals surface area contributed by atoms with Crippen LogP contribution >= 0.6 is 0 Å². The molecule has 2 aliphatic rings. The second-order valence-corrected chi connectivity index (χ2v) is 8.23. The summed E-state index contributed by atoms with van der Waals surface area (Å²) < 4.78 is 27.7. The number of nitrogens with one attached hydrogen (secondary N) is 1. The zero-order valence-electron chi connectivity index (χ0n) is 19.7. The van der Waals surface area contributed by atoms with Gasteiger partial charge in [-0.05, 0) is 54.1 Å². The number of hydrogen-bond donors (Lipinski definition) is 1. The number of nitrogens with zero attached hydrogens (tertiary/aromatic N) is 2. The quantitative estimate of drug-likeness (QED) is 0.497. The first-order chi connectivity index (χ1) is 17.3. The van der Waals surface area contributed by atoms with Gasteiger partial charge in [0.25, 0.3) is 0 Å². The number of fused-ring (bicyclic) bond motifs is 1.